The third kappa shape index (κ3) is 3.99. The minimum Gasteiger partial charge on any atom is -0.435 e. The number of ether oxygens (including phenoxy) is 1. The molecule has 0 aliphatic carbocycles. The lowest BCUT2D eigenvalue weighted by Crippen LogP contribution is -2.13. The van der Waals surface area contributed by atoms with Gasteiger partial charge in [-0.15, -0.1) is 0 Å². The van der Waals surface area contributed by atoms with E-state index in [0.717, 1.165) is 6.33 Å². The fraction of sp³-hybridized carbons (Fsp3) is 0.0833. The summed E-state index contributed by atoms with van der Waals surface area (Å²) in [4.78, 5) is 19.4. The molecule has 21 heavy (non-hydrogen) atoms. The van der Waals surface area contributed by atoms with Crippen LogP contribution >= 0.6 is 23.2 Å². The summed E-state index contributed by atoms with van der Waals surface area (Å²) < 4.78 is 28.2. The van der Waals surface area contributed by atoms with Gasteiger partial charge in [-0.25, -0.2) is 9.97 Å². The highest BCUT2D eigenvalue weighted by Gasteiger charge is 2.13. The summed E-state index contributed by atoms with van der Waals surface area (Å²) in [7, 11) is 0. The van der Waals surface area contributed by atoms with Crippen LogP contribution in [-0.4, -0.2) is 22.5 Å². The van der Waals surface area contributed by atoms with Gasteiger partial charge in [0.2, 0.25) is 0 Å². The van der Waals surface area contributed by atoms with Crippen LogP contribution in [0.3, 0.4) is 0 Å². The van der Waals surface area contributed by atoms with Crippen LogP contribution in [-0.2, 0) is 0 Å². The lowest BCUT2D eigenvalue weighted by molar-refractivity contribution is -0.0498. The van der Waals surface area contributed by atoms with Gasteiger partial charge in [0.15, 0.2) is 11.0 Å². The van der Waals surface area contributed by atoms with Gasteiger partial charge in [0.25, 0.3) is 5.91 Å². The van der Waals surface area contributed by atoms with Gasteiger partial charge in [-0.2, -0.15) is 8.78 Å². The maximum absolute atomic E-state index is 12.0. The van der Waals surface area contributed by atoms with E-state index in [1.807, 2.05) is 0 Å². The second-order valence-electron chi connectivity index (χ2n) is 3.68. The van der Waals surface area contributed by atoms with Crippen LogP contribution in [0.1, 0.15) is 10.4 Å². The number of hydrogen-bond acceptors (Lipinski definition) is 4. The molecule has 0 unspecified atom stereocenters. The number of carbonyl (C=O) groups excluding carboxylic acids is 1. The molecule has 1 heterocycles. The monoisotopic (exact) mass is 333 g/mol. The van der Waals surface area contributed by atoms with Crippen LogP contribution in [0.25, 0.3) is 0 Å². The first kappa shape index (κ1) is 15.4. The van der Waals surface area contributed by atoms with Gasteiger partial charge in [0, 0.05) is 5.56 Å². The molecule has 0 bridgehead atoms. The molecule has 110 valence electrons. The minimum atomic E-state index is -2.92. The summed E-state index contributed by atoms with van der Waals surface area (Å²) in [5, 5.41) is 2.44. The number of carbonyl (C=O) groups is 1. The number of hydrogen-bond donors (Lipinski definition) is 1. The van der Waals surface area contributed by atoms with E-state index in [4.69, 9.17) is 23.2 Å². The molecule has 0 atom stereocenters. The molecule has 1 aromatic carbocycles. The summed E-state index contributed by atoms with van der Waals surface area (Å²) in [6.45, 7) is -2.92. The average Bonchev–Trinajstić information content (AvgIpc) is 2.44. The van der Waals surface area contributed by atoms with E-state index in [2.05, 4.69) is 20.0 Å². The Morgan fingerprint density at radius 3 is 2.48 bits per heavy atom. The number of anilines is 1. The summed E-state index contributed by atoms with van der Waals surface area (Å²) in [6, 6.07) is 5.14. The van der Waals surface area contributed by atoms with Crippen molar-refractivity contribution in [2.75, 3.05) is 5.32 Å². The molecule has 1 N–H and O–H groups in total. The molecule has 0 radical (unpaired) electrons. The second kappa shape index (κ2) is 6.64. The summed E-state index contributed by atoms with van der Waals surface area (Å²) in [5.41, 5.74) is 0.211. The van der Waals surface area contributed by atoms with Crippen LogP contribution in [0.15, 0.2) is 30.6 Å². The normalized spacial score (nSPS) is 10.5. The minimum absolute atomic E-state index is 0.00245. The molecule has 0 spiro atoms. The molecule has 5 nitrogen and oxygen atoms in total. The van der Waals surface area contributed by atoms with Crippen molar-refractivity contribution in [3.8, 4) is 5.75 Å². The van der Waals surface area contributed by atoms with E-state index in [1.54, 1.807) is 0 Å². The molecule has 0 fully saturated rings. The zero-order valence-corrected chi connectivity index (χ0v) is 11.7. The Bertz CT molecular complexity index is 653. The molecule has 1 aromatic heterocycles. The van der Waals surface area contributed by atoms with Gasteiger partial charge in [0.1, 0.15) is 17.1 Å². The number of benzene rings is 1. The van der Waals surface area contributed by atoms with Crippen LogP contribution < -0.4 is 10.1 Å². The van der Waals surface area contributed by atoms with E-state index in [1.165, 1.54) is 24.3 Å². The molecule has 1 amide bonds. The van der Waals surface area contributed by atoms with Crippen molar-refractivity contribution in [3.05, 3.63) is 46.3 Å². The maximum Gasteiger partial charge on any atom is 0.387 e. The van der Waals surface area contributed by atoms with Crippen molar-refractivity contribution in [1.82, 2.24) is 9.97 Å². The van der Waals surface area contributed by atoms with Gasteiger partial charge in [-0.3, -0.25) is 4.79 Å². The predicted octanol–water partition coefficient (Wildman–Crippen LogP) is 3.64. The van der Waals surface area contributed by atoms with Crippen molar-refractivity contribution in [2.45, 2.75) is 6.61 Å². The van der Waals surface area contributed by atoms with Gasteiger partial charge in [-0.05, 0) is 24.3 Å². The van der Waals surface area contributed by atoms with Crippen LogP contribution in [0.2, 0.25) is 10.2 Å². The van der Waals surface area contributed by atoms with Gasteiger partial charge in [0.05, 0.1) is 0 Å². The van der Waals surface area contributed by atoms with E-state index in [0.29, 0.717) is 0 Å². The van der Waals surface area contributed by atoms with E-state index < -0.39 is 12.5 Å². The number of halogens is 4. The number of aromatic nitrogens is 2. The van der Waals surface area contributed by atoms with Crippen molar-refractivity contribution in [3.63, 3.8) is 0 Å². The quantitative estimate of drug-likeness (QED) is 0.867. The fourth-order valence-electron chi connectivity index (χ4n) is 1.40. The van der Waals surface area contributed by atoms with E-state index >= 15 is 0 Å². The second-order valence-corrected chi connectivity index (χ2v) is 4.42. The topological polar surface area (TPSA) is 64.1 Å². The number of nitrogens with one attached hydrogen (secondary N) is 1. The predicted molar refractivity (Wildman–Crippen MR) is 73.1 cm³/mol. The Hall–Kier alpha value is -1.99. The molecule has 0 aliphatic heterocycles. The molecule has 2 aromatic rings. The van der Waals surface area contributed by atoms with Crippen molar-refractivity contribution >= 4 is 34.9 Å². The van der Waals surface area contributed by atoms with Crippen LogP contribution in [0.4, 0.5) is 14.6 Å². The third-order valence-electron chi connectivity index (χ3n) is 2.32. The zero-order valence-electron chi connectivity index (χ0n) is 10.2. The number of rotatable bonds is 4. The largest absolute Gasteiger partial charge is 0.435 e. The van der Waals surface area contributed by atoms with E-state index in [-0.39, 0.29) is 27.3 Å². The molecular formula is C12H7Cl2F2N3O2. The van der Waals surface area contributed by atoms with Crippen LogP contribution in [0, 0.1) is 0 Å². The van der Waals surface area contributed by atoms with Gasteiger partial charge < -0.3 is 10.1 Å². The molecule has 9 heteroatoms. The Morgan fingerprint density at radius 1 is 1.19 bits per heavy atom. The Kier molecular flexibility index (Phi) is 4.87. The summed E-state index contributed by atoms with van der Waals surface area (Å²) in [5.74, 6) is -0.533. The summed E-state index contributed by atoms with van der Waals surface area (Å²) in [6.07, 6.45) is 1.14. The summed E-state index contributed by atoms with van der Waals surface area (Å²) >= 11 is 11.5. The standard InChI is InChI=1S/C12H7Cl2F2N3O2/c13-8-9(14)17-5-18-10(8)19-11(20)6-1-3-7(4-2-6)21-12(15)16/h1-5,12H,(H,17,18,19,20). The highest BCUT2D eigenvalue weighted by Crippen LogP contribution is 2.25. The first-order valence-electron chi connectivity index (χ1n) is 5.49. The number of nitrogens with zero attached hydrogens (tertiary/aromatic N) is 2. The SMILES string of the molecule is O=C(Nc1ncnc(Cl)c1Cl)c1ccc(OC(F)F)cc1. The molecule has 0 aliphatic rings. The average molecular weight is 334 g/mol. The highest BCUT2D eigenvalue weighted by molar-refractivity contribution is 6.43. The number of amides is 1. The lowest BCUT2D eigenvalue weighted by atomic mass is 10.2. The van der Waals surface area contributed by atoms with Crippen molar-refractivity contribution < 1.29 is 18.3 Å². The number of alkyl halides is 2. The molecule has 0 saturated carbocycles. The van der Waals surface area contributed by atoms with Crippen molar-refractivity contribution in [1.29, 1.82) is 0 Å². The Labute approximate surface area is 127 Å². The van der Waals surface area contributed by atoms with E-state index in [9.17, 15) is 13.6 Å². The zero-order chi connectivity index (χ0) is 15.4. The molecule has 2 rings (SSSR count). The van der Waals surface area contributed by atoms with Crippen molar-refractivity contribution in [2.24, 2.45) is 0 Å². The lowest BCUT2D eigenvalue weighted by Gasteiger charge is -2.08. The molecular weight excluding hydrogens is 327 g/mol. The first-order chi connectivity index (χ1) is 9.97. The molecule has 0 saturated heterocycles. The Balaban J connectivity index is 2.11. The highest BCUT2D eigenvalue weighted by atomic mass is 35.5. The fourth-order valence-corrected chi connectivity index (χ4v) is 1.68. The maximum atomic E-state index is 12.0. The van der Waals surface area contributed by atoms with Crippen LogP contribution in [0.5, 0.6) is 5.75 Å². The smallest absolute Gasteiger partial charge is 0.387 e. The van der Waals surface area contributed by atoms with Gasteiger partial charge >= 0.3 is 6.61 Å². The van der Waals surface area contributed by atoms with Gasteiger partial charge in [-0.1, -0.05) is 23.2 Å². The Morgan fingerprint density at radius 2 is 1.86 bits per heavy atom. The first-order valence-corrected chi connectivity index (χ1v) is 6.25. The third-order valence-corrected chi connectivity index (χ3v) is 3.06.